The summed E-state index contributed by atoms with van der Waals surface area (Å²) in [6.07, 6.45) is 0. The van der Waals surface area contributed by atoms with E-state index in [0.29, 0.717) is 11.1 Å². The molecule has 0 aliphatic rings. The van der Waals surface area contributed by atoms with Crippen LogP contribution in [0.15, 0.2) is 54.6 Å². The number of hydrogen-bond acceptors (Lipinski definition) is 2. The fourth-order valence-electron chi connectivity index (χ4n) is 1.51. The molecule has 5 heteroatoms. The molecule has 0 atom stereocenters. The summed E-state index contributed by atoms with van der Waals surface area (Å²) in [6, 6.07) is 16.0. The first-order valence-corrected chi connectivity index (χ1v) is 7.31. The number of nitrogens with one attached hydrogen (secondary N) is 1. The van der Waals surface area contributed by atoms with Gasteiger partial charge in [0, 0.05) is 0 Å². The predicted molar refractivity (Wildman–Crippen MR) is 74.3 cm³/mol. The molecule has 19 heavy (non-hydrogen) atoms. The zero-order valence-electron chi connectivity index (χ0n) is 10.00. The monoisotopic (exact) mass is 320 g/mol. The second kappa shape index (κ2) is 6.18. The van der Waals surface area contributed by atoms with E-state index in [-0.39, 0.29) is 21.1 Å². The molecule has 2 aromatic rings. The molecule has 0 saturated heterocycles. The molecule has 0 aliphatic carbocycles. The van der Waals surface area contributed by atoms with Crippen LogP contribution in [0.4, 0.5) is 0 Å². The van der Waals surface area contributed by atoms with E-state index in [9.17, 15) is 9.59 Å². The molecule has 0 aliphatic heterocycles. The summed E-state index contributed by atoms with van der Waals surface area (Å²) < 4.78 is 3.60. The van der Waals surface area contributed by atoms with E-state index >= 15 is 0 Å². The summed E-state index contributed by atoms with van der Waals surface area (Å²) in [5.74, 6) is -0.633. The minimum absolute atomic E-state index is 0.153. The van der Waals surface area contributed by atoms with Crippen LogP contribution in [0, 0.1) is 0 Å². The first kappa shape index (κ1) is 13.3. The van der Waals surface area contributed by atoms with E-state index in [0.717, 1.165) is 4.46 Å². The predicted octanol–water partition coefficient (Wildman–Crippen LogP) is 0.460. The third-order valence-electron chi connectivity index (χ3n) is 2.44. The summed E-state index contributed by atoms with van der Waals surface area (Å²) >= 11 is -0.335. The Morgan fingerprint density at radius 1 is 0.947 bits per heavy atom. The van der Waals surface area contributed by atoms with E-state index in [4.69, 9.17) is 5.73 Å². The molecule has 96 valence electrons. The van der Waals surface area contributed by atoms with Crippen molar-refractivity contribution in [2.45, 2.75) is 0 Å². The SMILES string of the molecule is NC(=O)c1ccccc1[Se]NC(=O)c1ccccc1. The first-order chi connectivity index (χ1) is 9.18. The molecule has 0 unspecified atom stereocenters. The van der Waals surface area contributed by atoms with E-state index < -0.39 is 5.91 Å². The molecule has 2 rings (SSSR count). The van der Waals surface area contributed by atoms with Crippen molar-refractivity contribution in [3.05, 3.63) is 65.7 Å². The normalized spacial score (nSPS) is 9.89. The van der Waals surface area contributed by atoms with Gasteiger partial charge in [0.15, 0.2) is 0 Å². The zero-order valence-corrected chi connectivity index (χ0v) is 11.7. The van der Waals surface area contributed by atoms with Gasteiger partial charge >= 0.3 is 117 Å². The van der Waals surface area contributed by atoms with Crippen molar-refractivity contribution < 1.29 is 9.59 Å². The molecule has 0 saturated carbocycles. The fraction of sp³-hybridized carbons (Fsp3) is 0. The van der Waals surface area contributed by atoms with Crippen LogP contribution in [-0.4, -0.2) is 27.0 Å². The summed E-state index contributed by atoms with van der Waals surface area (Å²) in [6.45, 7) is 0. The number of nitrogens with two attached hydrogens (primary N) is 1. The molecule has 0 heterocycles. The van der Waals surface area contributed by atoms with Gasteiger partial charge in [0.25, 0.3) is 0 Å². The van der Waals surface area contributed by atoms with Crippen molar-refractivity contribution in [3.8, 4) is 0 Å². The van der Waals surface area contributed by atoms with E-state index in [1.54, 1.807) is 42.5 Å². The van der Waals surface area contributed by atoms with E-state index in [1.807, 2.05) is 12.1 Å². The maximum atomic E-state index is 11.9. The van der Waals surface area contributed by atoms with Crippen molar-refractivity contribution in [2.75, 3.05) is 0 Å². The third kappa shape index (κ3) is 3.44. The number of benzene rings is 2. The van der Waals surface area contributed by atoms with Crippen LogP contribution in [0.2, 0.25) is 0 Å². The van der Waals surface area contributed by atoms with Gasteiger partial charge in [-0.1, -0.05) is 0 Å². The Labute approximate surface area is 117 Å². The summed E-state index contributed by atoms with van der Waals surface area (Å²) in [5.41, 5.74) is 6.34. The van der Waals surface area contributed by atoms with Gasteiger partial charge in [0.1, 0.15) is 0 Å². The molecular formula is C14H12N2O2Se. The Morgan fingerprint density at radius 3 is 2.26 bits per heavy atom. The Morgan fingerprint density at radius 2 is 1.58 bits per heavy atom. The van der Waals surface area contributed by atoms with Crippen LogP contribution in [0.5, 0.6) is 0 Å². The number of carbonyl (C=O) groups excluding carboxylic acids is 2. The van der Waals surface area contributed by atoms with Crippen molar-refractivity contribution >= 4 is 31.5 Å². The van der Waals surface area contributed by atoms with Crippen molar-refractivity contribution in [1.29, 1.82) is 0 Å². The number of rotatable bonds is 4. The molecule has 0 bridgehead atoms. The van der Waals surface area contributed by atoms with Crippen LogP contribution in [0.1, 0.15) is 20.7 Å². The van der Waals surface area contributed by atoms with Gasteiger partial charge in [0.2, 0.25) is 0 Å². The Hall–Kier alpha value is -2.10. The van der Waals surface area contributed by atoms with Gasteiger partial charge in [-0.2, -0.15) is 0 Å². The molecule has 2 amide bonds. The third-order valence-corrected chi connectivity index (χ3v) is 4.25. The average molecular weight is 319 g/mol. The van der Waals surface area contributed by atoms with Crippen molar-refractivity contribution in [3.63, 3.8) is 0 Å². The van der Waals surface area contributed by atoms with Crippen molar-refractivity contribution in [1.82, 2.24) is 4.33 Å². The quantitative estimate of drug-likeness (QED) is 0.804. The van der Waals surface area contributed by atoms with Crippen LogP contribution >= 0.6 is 0 Å². The Kier molecular flexibility index (Phi) is 4.34. The number of hydrogen-bond donors (Lipinski definition) is 2. The Bertz CT molecular complexity index is 599. The molecular weight excluding hydrogens is 307 g/mol. The maximum absolute atomic E-state index is 11.9. The topological polar surface area (TPSA) is 72.2 Å². The molecule has 0 fully saturated rings. The van der Waals surface area contributed by atoms with E-state index in [2.05, 4.69) is 4.33 Å². The van der Waals surface area contributed by atoms with Gasteiger partial charge in [-0.15, -0.1) is 0 Å². The van der Waals surface area contributed by atoms with Gasteiger partial charge in [-0.25, -0.2) is 0 Å². The summed E-state index contributed by atoms with van der Waals surface area (Å²) in [4.78, 5) is 23.1. The second-order valence-corrected chi connectivity index (χ2v) is 5.54. The zero-order chi connectivity index (χ0) is 13.7. The minimum atomic E-state index is -0.480. The average Bonchev–Trinajstić information content (AvgIpc) is 2.46. The standard InChI is InChI=1S/C14H12N2O2Se/c15-13(17)11-8-4-5-9-12(11)19-16-14(18)10-6-2-1-3-7-10/h1-9H,(H2,15,17)(H,16,18). The Balaban J connectivity index is 2.07. The second-order valence-electron chi connectivity index (χ2n) is 3.76. The molecule has 4 nitrogen and oxygen atoms in total. The van der Waals surface area contributed by atoms with Crippen LogP contribution in [0.3, 0.4) is 0 Å². The van der Waals surface area contributed by atoms with Crippen LogP contribution in [0.25, 0.3) is 0 Å². The van der Waals surface area contributed by atoms with E-state index in [1.165, 1.54) is 0 Å². The van der Waals surface area contributed by atoms with Gasteiger partial charge in [0.05, 0.1) is 0 Å². The molecule has 3 N–H and O–H groups in total. The van der Waals surface area contributed by atoms with Gasteiger partial charge in [-0.05, 0) is 0 Å². The van der Waals surface area contributed by atoms with Crippen molar-refractivity contribution in [2.24, 2.45) is 5.73 Å². The number of amides is 2. The molecule has 0 radical (unpaired) electrons. The number of carbonyl (C=O) groups is 2. The molecule has 0 spiro atoms. The van der Waals surface area contributed by atoms with Crippen LogP contribution in [-0.2, 0) is 0 Å². The van der Waals surface area contributed by atoms with Gasteiger partial charge in [-0.3, -0.25) is 0 Å². The fourth-order valence-corrected chi connectivity index (χ4v) is 3.07. The molecule has 2 aromatic carbocycles. The number of primary amides is 1. The summed E-state index contributed by atoms with van der Waals surface area (Å²) in [7, 11) is 0. The molecule has 0 aromatic heterocycles. The summed E-state index contributed by atoms with van der Waals surface area (Å²) in [5, 5.41) is 0. The van der Waals surface area contributed by atoms with Crippen LogP contribution < -0.4 is 14.5 Å². The first-order valence-electron chi connectivity index (χ1n) is 5.59. The van der Waals surface area contributed by atoms with Gasteiger partial charge < -0.3 is 0 Å².